The van der Waals surface area contributed by atoms with Crippen LogP contribution in [-0.4, -0.2) is 22.4 Å². The number of ether oxygens (including phenoxy) is 2. The van der Waals surface area contributed by atoms with E-state index in [1.54, 1.807) is 19.1 Å². The van der Waals surface area contributed by atoms with Gasteiger partial charge in [-0.05, 0) is 60.6 Å². The first kappa shape index (κ1) is 29.1. The van der Waals surface area contributed by atoms with Crippen molar-refractivity contribution in [3.05, 3.63) is 118 Å². The van der Waals surface area contributed by atoms with Crippen LogP contribution in [0.3, 0.4) is 0 Å². The summed E-state index contributed by atoms with van der Waals surface area (Å²) in [5.41, 5.74) is 6.26. The molecule has 3 aromatic carbocycles. The van der Waals surface area contributed by atoms with E-state index in [0.29, 0.717) is 37.5 Å². The van der Waals surface area contributed by atoms with Crippen LogP contribution in [0.4, 0.5) is 4.39 Å². The molecule has 210 valence electrons. The maximum absolute atomic E-state index is 14.5. The van der Waals surface area contributed by atoms with E-state index in [2.05, 4.69) is 67.9 Å². The molecule has 4 rings (SSSR count). The van der Waals surface area contributed by atoms with Crippen molar-refractivity contribution in [2.24, 2.45) is 0 Å². The van der Waals surface area contributed by atoms with E-state index in [1.807, 2.05) is 18.2 Å². The number of esters is 1. The number of halogens is 1. The largest absolute Gasteiger partial charge is 0.489 e. The monoisotopic (exact) mass is 542 g/mol. The molecular formula is C34H39FN2O3. The smallest absolute Gasteiger partial charge is 0.306 e. The molecule has 0 fully saturated rings. The zero-order chi connectivity index (χ0) is 28.5. The molecule has 1 heterocycles. The highest BCUT2D eigenvalue weighted by Crippen LogP contribution is 2.24. The first-order valence-corrected chi connectivity index (χ1v) is 14.0. The summed E-state index contributed by atoms with van der Waals surface area (Å²) in [6, 6.07) is 25.8. The van der Waals surface area contributed by atoms with E-state index in [-0.39, 0.29) is 23.6 Å². The van der Waals surface area contributed by atoms with E-state index in [4.69, 9.17) is 14.6 Å². The Labute approximate surface area is 237 Å². The van der Waals surface area contributed by atoms with Crippen molar-refractivity contribution in [1.29, 1.82) is 0 Å². The van der Waals surface area contributed by atoms with Crippen LogP contribution in [0.15, 0.2) is 78.9 Å². The Morgan fingerprint density at radius 1 is 0.875 bits per heavy atom. The minimum atomic E-state index is -0.380. The number of hydrogen-bond donors (Lipinski definition) is 0. The summed E-state index contributed by atoms with van der Waals surface area (Å²) < 4.78 is 27.4. The normalized spacial score (nSPS) is 11.4. The number of aryl methyl sites for hydroxylation is 3. The van der Waals surface area contributed by atoms with Crippen LogP contribution in [0.25, 0.3) is 0 Å². The summed E-state index contributed by atoms with van der Waals surface area (Å²) in [4.78, 5) is 11.5. The molecule has 0 bridgehead atoms. The van der Waals surface area contributed by atoms with Gasteiger partial charge in [0, 0.05) is 23.6 Å². The third-order valence-electron chi connectivity index (χ3n) is 6.83. The van der Waals surface area contributed by atoms with Gasteiger partial charge in [-0.3, -0.25) is 9.48 Å². The van der Waals surface area contributed by atoms with Crippen LogP contribution in [-0.2, 0) is 47.4 Å². The number of hydrogen-bond acceptors (Lipinski definition) is 4. The molecule has 0 saturated carbocycles. The molecule has 0 unspecified atom stereocenters. The van der Waals surface area contributed by atoms with Crippen molar-refractivity contribution in [3.63, 3.8) is 0 Å². The lowest BCUT2D eigenvalue weighted by Gasteiger charge is -2.14. The van der Waals surface area contributed by atoms with E-state index in [0.717, 1.165) is 29.7 Å². The molecular weight excluding hydrogens is 503 g/mol. The van der Waals surface area contributed by atoms with Crippen molar-refractivity contribution in [2.45, 2.75) is 71.9 Å². The molecule has 0 atom stereocenters. The molecule has 0 spiro atoms. The number of carbonyl (C=O) groups is 1. The quantitative estimate of drug-likeness (QED) is 0.177. The molecule has 0 amide bonds. The second-order valence-corrected chi connectivity index (χ2v) is 11.1. The third kappa shape index (κ3) is 8.28. The topological polar surface area (TPSA) is 53.4 Å². The molecule has 0 aliphatic heterocycles. The number of rotatable bonds is 12. The Morgan fingerprint density at radius 2 is 1.60 bits per heavy atom. The van der Waals surface area contributed by atoms with Gasteiger partial charge in [-0.25, -0.2) is 4.39 Å². The lowest BCUT2D eigenvalue weighted by Crippen LogP contribution is -2.13. The van der Waals surface area contributed by atoms with Crippen molar-refractivity contribution < 1.29 is 18.7 Å². The highest BCUT2D eigenvalue weighted by atomic mass is 19.1. The fourth-order valence-electron chi connectivity index (χ4n) is 4.45. The molecule has 4 aromatic rings. The summed E-state index contributed by atoms with van der Waals surface area (Å²) in [6.07, 6.45) is 2.35. The van der Waals surface area contributed by atoms with Crippen LogP contribution in [0.2, 0.25) is 0 Å². The van der Waals surface area contributed by atoms with Gasteiger partial charge in [-0.2, -0.15) is 5.10 Å². The highest BCUT2D eigenvalue weighted by molar-refractivity contribution is 5.69. The molecule has 0 aliphatic carbocycles. The number of carbonyl (C=O) groups excluding carboxylic acids is 1. The second-order valence-electron chi connectivity index (χ2n) is 11.1. The molecule has 6 heteroatoms. The molecule has 5 nitrogen and oxygen atoms in total. The van der Waals surface area contributed by atoms with Gasteiger partial charge in [-0.15, -0.1) is 0 Å². The maximum atomic E-state index is 14.5. The Kier molecular flexibility index (Phi) is 9.75. The van der Waals surface area contributed by atoms with E-state index >= 15 is 0 Å². The SMILES string of the molecule is CCOC(=O)CCc1ccc(OCc2ccc(Cn3nc(C(C)(C)C)cc3CCc3ccccc3)cc2)cc1F. The number of nitrogens with zero attached hydrogens (tertiary/aromatic N) is 2. The van der Waals surface area contributed by atoms with Crippen LogP contribution in [0, 0.1) is 5.82 Å². The van der Waals surface area contributed by atoms with Gasteiger partial charge < -0.3 is 9.47 Å². The van der Waals surface area contributed by atoms with E-state index in [1.165, 1.54) is 17.3 Å². The van der Waals surface area contributed by atoms with Crippen LogP contribution >= 0.6 is 0 Å². The molecule has 0 radical (unpaired) electrons. The average molecular weight is 543 g/mol. The molecule has 1 aromatic heterocycles. The predicted molar refractivity (Wildman–Crippen MR) is 156 cm³/mol. The van der Waals surface area contributed by atoms with Crippen LogP contribution in [0.1, 0.15) is 67.8 Å². The third-order valence-corrected chi connectivity index (χ3v) is 6.83. The zero-order valence-corrected chi connectivity index (χ0v) is 24.0. The fraction of sp³-hybridized carbons (Fsp3) is 0.353. The Balaban J connectivity index is 1.36. The lowest BCUT2D eigenvalue weighted by atomic mass is 9.92. The first-order valence-electron chi connectivity index (χ1n) is 14.0. The van der Waals surface area contributed by atoms with Crippen LogP contribution in [0.5, 0.6) is 5.75 Å². The summed E-state index contributed by atoms with van der Waals surface area (Å²) in [6.45, 7) is 9.69. The van der Waals surface area contributed by atoms with Crippen molar-refractivity contribution in [2.75, 3.05) is 6.61 Å². The Hall–Kier alpha value is -3.93. The number of benzene rings is 3. The summed E-state index contributed by atoms with van der Waals surface area (Å²) in [7, 11) is 0. The highest BCUT2D eigenvalue weighted by Gasteiger charge is 2.20. The average Bonchev–Trinajstić information content (AvgIpc) is 3.35. The molecule has 0 aliphatic rings. The summed E-state index contributed by atoms with van der Waals surface area (Å²) in [5, 5.41) is 4.97. The van der Waals surface area contributed by atoms with Crippen LogP contribution < -0.4 is 4.74 Å². The minimum absolute atomic E-state index is 0.0213. The van der Waals surface area contributed by atoms with Gasteiger partial charge in [0.2, 0.25) is 0 Å². The van der Waals surface area contributed by atoms with E-state index in [9.17, 15) is 9.18 Å². The standard InChI is InChI=1S/C34H39FN2O3/c1-5-39-33(38)20-17-28-16-19-30(22-31(28)35)40-24-27-13-11-26(12-14-27)23-37-29(21-32(36-37)34(2,3)4)18-15-25-9-7-6-8-10-25/h6-14,16,19,21-22H,5,15,17-18,20,23-24H2,1-4H3. The Morgan fingerprint density at radius 3 is 2.27 bits per heavy atom. The van der Waals surface area contributed by atoms with Crippen molar-refractivity contribution in [3.8, 4) is 5.75 Å². The van der Waals surface area contributed by atoms with Gasteiger partial charge in [0.1, 0.15) is 18.2 Å². The zero-order valence-electron chi connectivity index (χ0n) is 24.0. The van der Waals surface area contributed by atoms with Gasteiger partial charge in [0.15, 0.2) is 0 Å². The Bertz CT molecular complexity index is 1390. The summed E-state index contributed by atoms with van der Waals surface area (Å²) in [5.74, 6) is -0.249. The lowest BCUT2D eigenvalue weighted by molar-refractivity contribution is -0.143. The first-order chi connectivity index (χ1) is 19.2. The second kappa shape index (κ2) is 13.4. The van der Waals surface area contributed by atoms with E-state index < -0.39 is 0 Å². The predicted octanol–water partition coefficient (Wildman–Crippen LogP) is 7.23. The maximum Gasteiger partial charge on any atom is 0.306 e. The minimum Gasteiger partial charge on any atom is -0.489 e. The molecule has 40 heavy (non-hydrogen) atoms. The van der Waals surface area contributed by atoms with Gasteiger partial charge in [-0.1, -0.05) is 81.4 Å². The van der Waals surface area contributed by atoms with Gasteiger partial charge >= 0.3 is 5.97 Å². The van der Waals surface area contributed by atoms with Crippen molar-refractivity contribution >= 4 is 5.97 Å². The summed E-state index contributed by atoms with van der Waals surface area (Å²) >= 11 is 0. The van der Waals surface area contributed by atoms with Gasteiger partial charge in [0.05, 0.1) is 18.8 Å². The fourth-order valence-corrected chi connectivity index (χ4v) is 4.45. The van der Waals surface area contributed by atoms with Gasteiger partial charge in [0.25, 0.3) is 0 Å². The molecule has 0 N–H and O–H groups in total. The van der Waals surface area contributed by atoms with Crippen molar-refractivity contribution in [1.82, 2.24) is 9.78 Å². The molecule has 0 saturated heterocycles. The number of aromatic nitrogens is 2.